The van der Waals surface area contributed by atoms with Gasteiger partial charge in [-0.15, -0.1) is 6.42 Å². The van der Waals surface area contributed by atoms with Gasteiger partial charge >= 0.3 is 29.2 Å². The van der Waals surface area contributed by atoms with Crippen LogP contribution >= 0.6 is 35.1 Å². The minimum atomic E-state index is -5.79. The summed E-state index contributed by atoms with van der Waals surface area (Å²) < 4.78 is 52.4. The minimum Gasteiger partial charge on any atom is -0.387 e. The van der Waals surface area contributed by atoms with Gasteiger partial charge < -0.3 is 29.4 Å². The van der Waals surface area contributed by atoms with Gasteiger partial charge in [0.2, 0.25) is 0 Å². The molecule has 1 saturated heterocycles. The maximum atomic E-state index is 12.3. The van der Waals surface area contributed by atoms with Crippen LogP contribution in [-0.4, -0.2) is 57.4 Å². The Balaban J connectivity index is 2.33. The molecule has 2 heterocycles. The first-order valence-electron chi connectivity index (χ1n) is 8.47. The van der Waals surface area contributed by atoms with E-state index >= 15 is 0 Å². The Morgan fingerprint density at radius 2 is 1.82 bits per heavy atom. The molecule has 2 rings (SSSR count). The molecule has 0 spiro atoms. The highest BCUT2D eigenvalue weighted by atomic mass is 35.5. The number of alkyl halides is 1. The Hall–Kier alpha value is -1.14. The number of aryl methyl sites for hydroxylation is 1. The molecule has 0 aromatic carbocycles. The molecule has 0 amide bonds. The first-order valence-corrected chi connectivity index (χ1v) is 13.4. The van der Waals surface area contributed by atoms with E-state index in [1.54, 1.807) is 0 Å². The highest BCUT2D eigenvalue weighted by Gasteiger charge is 2.58. The van der Waals surface area contributed by atoms with Crippen molar-refractivity contribution < 1.29 is 56.3 Å². The average Bonchev–Trinajstić information content (AvgIpc) is 2.83. The van der Waals surface area contributed by atoms with Crippen molar-refractivity contribution >= 4 is 35.1 Å². The van der Waals surface area contributed by atoms with Gasteiger partial charge in [0.15, 0.2) is 11.1 Å². The van der Waals surface area contributed by atoms with Crippen LogP contribution in [0.4, 0.5) is 0 Å². The molecule has 16 nitrogen and oxygen atoms in total. The van der Waals surface area contributed by atoms with Crippen molar-refractivity contribution in [3.63, 3.8) is 0 Å². The van der Waals surface area contributed by atoms with Crippen LogP contribution in [0.3, 0.4) is 0 Å². The number of rotatable bonds is 8. The zero-order chi connectivity index (χ0) is 25.6. The van der Waals surface area contributed by atoms with Crippen LogP contribution in [0.25, 0.3) is 0 Å². The topological polar surface area (TPSA) is 244 Å². The molecule has 0 aliphatic carbocycles. The van der Waals surface area contributed by atoms with Crippen molar-refractivity contribution in [3.8, 4) is 12.3 Å². The van der Waals surface area contributed by atoms with E-state index in [4.69, 9.17) is 32.5 Å². The van der Waals surface area contributed by atoms with Gasteiger partial charge in [0.25, 0.3) is 5.56 Å². The highest BCUT2D eigenvalue weighted by Crippen LogP contribution is 2.66. The molecular formula is C13H18ClN2O14P3. The quantitative estimate of drug-likeness (QED) is 0.134. The lowest BCUT2D eigenvalue weighted by molar-refractivity contribution is -0.0754. The summed E-state index contributed by atoms with van der Waals surface area (Å²) in [6, 6.07) is 1.01. The average molecular weight is 555 g/mol. The van der Waals surface area contributed by atoms with Crippen molar-refractivity contribution in [2.24, 2.45) is 0 Å². The Labute approximate surface area is 189 Å². The third-order valence-corrected chi connectivity index (χ3v) is 8.64. The standard InChI is InChI=1S/C13H18ClN2O14P3/c1-4-13(14)10(18)9(27-11(13)16-6(2)5-8(17)15-12(16)19)7(3)28-32(23,24)30-33(25,26)29-31(20,21)22/h1,5,7,9-11,18H,2-3H3,(H,23,24)(H,25,26)(H,15,17,19)(H2,20,21,22)/t7-,9?,10?,11-,13-/m1/s1. The molecule has 20 heteroatoms. The molecule has 33 heavy (non-hydrogen) atoms. The normalized spacial score (nSPS) is 30.2. The lowest BCUT2D eigenvalue weighted by Gasteiger charge is -2.27. The largest absolute Gasteiger partial charge is 0.490 e. The summed E-state index contributed by atoms with van der Waals surface area (Å²) >= 11 is 6.31. The Morgan fingerprint density at radius 3 is 2.30 bits per heavy atom. The second-order valence-corrected chi connectivity index (χ2v) is 11.7. The van der Waals surface area contributed by atoms with E-state index in [1.165, 1.54) is 6.92 Å². The maximum Gasteiger partial charge on any atom is 0.490 e. The van der Waals surface area contributed by atoms with E-state index in [2.05, 4.69) is 13.1 Å². The highest BCUT2D eigenvalue weighted by molar-refractivity contribution is 7.66. The predicted octanol–water partition coefficient (Wildman–Crippen LogP) is -0.554. The van der Waals surface area contributed by atoms with Crippen LogP contribution in [0.5, 0.6) is 0 Å². The number of hydrogen-bond donors (Lipinski definition) is 6. The molecule has 0 radical (unpaired) electrons. The molecule has 1 aromatic heterocycles. The van der Waals surface area contributed by atoms with Crippen LogP contribution in [0.2, 0.25) is 0 Å². The van der Waals surface area contributed by atoms with Crippen LogP contribution in [-0.2, 0) is 31.6 Å². The number of aromatic nitrogens is 2. The zero-order valence-corrected chi connectivity index (χ0v) is 20.0. The van der Waals surface area contributed by atoms with E-state index in [-0.39, 0.29) is 5.69 Å². The lowest BCUT2D eigenvalue weighted by Crippen LogP contribution is -2.45. The first-order chi connectivity index (χ1) is 14.8. The molecule has 1 aliphatic rings. The summed E-state index contributed by atoms with van der Waals surface area (Å²) in [7, 11) is -17.0. The number of H-pyrrole nitrogens is 1. The summed E-state index contributed by atoms with van der Waals surface area (Å²) in [4.78, 5) is 59.6. The molecular weight excluding hydrogens is 537 g/mol. The zero-order valence-electron chi connectivity index (χ0n) is 16.5. The number of aliphatic hydroxyl groups excluding tert-OH is 1. The summed E-state index contributed by atoms with van der Waals surface area (Å²) in [5, 5.41) is 10.6. The number of phosphoric ester groups is 1. The lowest BCUT2D eigenvalue weighted by atomic mass is 9.97. The summed E-state index contributed by atoms with van der Waals surface area (Å²) in [5.74, 6) is 2.05. The Kier molecular flexibility index (Phi) is 8.08. The van der Waals surface area contributed by atoms with E-state index in [1.807, 2.05) is 10.9 Å². The first kappa shape index (κ1) is 28.1. The number of aromatic amines is 1. The SMILES string of the molecule is C#C[C@@]1(Cl)C(O)C([C@@H](C)OP(=O)(O)OP(=O)(O)OP(=O)(O)O)O[C@H]1n1c(C)cc(=O)[nH]c1=O. The van der Waals surface area contributed by atoms with Crippen LogP contribution < -0.4 is 11.2 Å². The summed E-state index contributed by atoms with van der Waals surface area (Å²) in [5.41, 5.74) is -1.72. The fraction of sp³-hybridized carbons (Fsp3) is 0.538. The van der Waals surface area contributed by atoms with Gasteiger partial charge in [-0.3, -0.25) is 18.9 Å². The van der Waals surface area contributed by atoms with Crippen molar-refractivity contribution in [3.05, 3.63) is 32.6 Å². The van der Waals surface area contributed by atoms with Crippen molar-refractivity contribution in [2.75, 3.05) is 0 Å². The van der Waals surface area contributed by atoms with Gasteiger partial charge in [0.05, 0.1) is 6.10 Å². The Morgan fingerprint density at radius 1 is 1.24 bits per heavy atom. The smallest absolute Gasteiger partial charge is 0.387 e. The van der Waals surface area contributed by atoms with Crippen LogP contribution in [0.15, 0.2) is 15.7 Å². The van der Waals surface area contributed by atoms with Crippen molar-refractivity contribution in [1.82, 2.24) is 9.55 Å². The van der Waals surface area contributed by atoms with Gasteiger partial charge in [0, 0.05) is 11.8 Å². The monoisotopic (exact) mass is 554 g/mol. The molecule has 0 saturated carbocycles. The maximum absolute atomic E-state index is 12.3. The predicted molar refractivity (Wildman–Crippen MR) is 108 cm³/mol. The molecule has 1 aromatic rings. The van der Waals surface area contributed by atoms with Crippen molar-refractivity contribution in [2.45, 2.75) is 43.3 Å². The number of aliphatic hydroxyl groups is 1. The van der Waals surface area contributed by atoms with Crippen LogP contribution in [0.1, 0.15) is 18.8 Å². The van der Waals surface area contributed by atoms with E-state index in [0.717, 1.165) is 17.6 Å². The van der Waals surface area contributed by atoms with E-state index in [9.17, 15) is 38.2 Å². The molecule has 1 fully saturated rings. The molecule has 6 N–H and O–H groups in total. The summed E-state index contributed by atoms with van der Waals surface area (Å²) in [6.07, 6.45) is -1.45. The van der Waals surface area contributed by atoms with Crippen LogP contribution in [0, 0.1) is 19.3 Å². The second kappa shape index (κ2) is 9.49. The van der Waals surface area contributed by atoms with E-state index < -0.39 is 64.1 Å². The fourth-order valence-corrected chi connectivity index (χ4v) is 6.44. The third kappa shape index (κ3) is 6.50. The van der Waals surface area contributed by atoms with Gasteiger partial charge in [0.1, 0.15) is 12.2 Å². The fourth-order valence-electron chi connectivity index (χ4n) is 2.96. The Bertz CT molecular complexity index is 1220. The number of phosphoric acid groups is 3. The molecule has 4 unspecified atom stereocenters. The van der Waals surface area contributed by atoms with Gasteiger partial charge in [-0.1, -0.05) is 17.5 Å². The van der Waals surface area contributed by atoms with Gasteiger partial charge in [-0.25, -0.2) is 18.5 Å². The number of terminal acetylenes is 1. The van der Waals surface area contributed by atoms with E-state index in [0.29, 0.717) is 0 Å². The summed E-state index contributed by atoms with van der Waals surface area (Å²) in [6.45, 7) is 2.36. The second-order valence-electron chi connectivity index (χ2n) is 6.66. The molecule has 7 atom stereocenters. The number of nitrogens with one attached hydrogen (secondary N) is 1. The number of halogens is 1. The number of hydrogen-bond acceptors (Lipinski definition) is 10. The third-order valence-electron chi connectivity index (χ3n) is 4.19. The van der Waals surface area contributed by atoms with Gasteiger partial charge in [-0.05, 0) is 13.8 Å². The molecule has 1 aliphatic heterocycles. The molecule has 186 valence electrons. The van der Waals surface area contributed by atoms with Crippen molar-refractivity contribution in [1.29, 1.82) is 0 Å². The number of nitrogens with zero attached hydrogens (tertiary/aromatic N) is 1. The number of ether oxygens (including phenoxy) is 1. The molecule has 0 bridgehead atoms. The minimum absolute atomic E-state index is 0.0300. The van der Waals surface area contributed by atoms with Gasteiger partial charge in [-0.2, -0.15) is 8.62 Å².